The topological polar surface area (TPSA) is 53.6 Å². The predicted molar refractivity (Wildman–Crippen MR) is 107 cm³/mol. The molecule has 0 spiro atoms. The van der Waals surface area contributed by atoms with Gasteiger partial charge in [0.25, 0.3) is 0 Å². The zero-order valence-electron chi connectivity index (χ0n) is 16.6. The summed E-state index contributed by atoms with van der Waals surface area (Å²) in [7, 11) is 0. The molecule has 2 heterocycles. The van der Waals surface area contributed by atoms with Crippen LogP contribution in [0.4, 0.5) is 24.7 Å². The fraction of sp³-hybridized carbons (Fsp3) is 0.364. The molecule has 4 rings (SSSR count). The molecule has 4 nitrogen and oxygen atoms in total. The SMILES string of the molecule is Cc1cc(Nc2cc(-c3ccccc3C(F)(F)F)nc(C3CCCCC3)c2)n[nH]1.[V]. The van der Waals surface area contributed by atoms with E-state index in [-0.39, 0.29) is 30.0 Å². The van der Waals surface area contributed by atoms with E-state index in [4.69, 9.17) is 0 Å². The van der Waals surface area contributed by atoms with Crippen molar-refractivity contribution in [1.82, 2.24) is 15.2 Å². The van der Waals surface area contributed by atoms with Crippen LogP contribution < -0.4 is 5.32 Å². The molecule has 0 unspecified atom stereocenters. The molecule has 8 heteroatoms. The molecule has 2 aromatic heterocycles. The van der Waals surface area contributed by atoms with Crippen LogP contribution in [0.3, 0.4) is 0 Å². The Morgan fingerprint density at radius 2 is 1.77 bits per heavy atom. The molecule has 2 N–H and O–H groups in total. The fourth-order valence-electron chi connectivity index (χ4n) is 3.95. The van der Waals surface area contributed by atoms with Crippen molar-refractivity contribution in [3.05, 3.63) is 59.4 Å². The number of hydrogen-bond donors (Lipinski definition) is 2. The van der Waals surface area contributed by atoms with E-state index in [2.05, 4.69) is 20.5 Å². The van der Waals surface area contributed by atoms with Crippen molar-refractivity contribution in [3.63, 3.8) is 0 Å². The first-order valence-electron chi connectivity index (χ1n) is 9.88. The monoisotopic (exact) mass is 451 g/mol. The quantitative estimate of drug-likeness (QED) is 0.471. The Morgan fingerprint density at radius 3 is 2.43 bits per heavy atom. The van der Waals surface area contributed by atoms with Gasteiger partial charge in [0.15, 0.2) is 5.82 Å². The van der Waals surface area contributed by atoms with E-state index in [0.29, 0.717) is 17.2 Å². The standard InChI is InChI=1S/C22H23F3N4.V/c1-14-11-21(29-28-14)26-16-12-19(15-7-3-2-4-8-15)27-20(13-16)17-9-5-6-10-18(17)22(23,24)25;/h5-6,9-13,15H,2-4,7-8H2,1H3,(H2,26,27,28,29);. The van der Waals surface area contributed by atoms with Gasteiger partial charge in [-0.15, -0.1) is 0 Å². The molecule has 1 aliphatic carbocycles. The number of aromatic nitrogens is 3. The third-order valence-corrected chi connectivity index (χ3v) is 5.36. The van der Waals surface area contributed by atoms with Crippen LogP contribution in [0.2, 0.25) is 0 Å². The number of aryl methyl sites for hydroxylation is 1. The summed E-state index contributed by atoms with van der Waals surface area (Å²) in [6, 6.07) is 11.1. The maximum Gasteiger partial charge on any atom is 0.417 e. The third-order valence-electron chi connectivity index (χ3n) is 5.36. The van der Waals surface area contributed by atoms with Gasteiger partial charge >= 0.3 is 6.18 Å². The van der Waals surface area contributed by atoms with Crippen LogP contribution in [0.5, 0.6) is 0 Å². The van der Waals surface area contributed by atoms with E-state index < -0.39 is 11.7 Å². The first-order chi connectivity index (χ1) is 13.9. The molecular formula is C22H23F3N4V. The minimum Gasteiger partial charge on any atom is -0.339 e. The van der Waals surface area contributed by atoms with Crippen molar-refractivity contribution in [2.45, 2.75) is 51.1 Å². The van der Waals surface area contributed by atoms with Gasteiger partial charge in [-0.3, -0.25) is 10.1 Å². The number of aromatic amines is 1. The second-order valence-electron chi connectivity index (χ2n) is 7.61. The van der Waals surface area contributed by atoms with Crippen LogP contribution in [0.25, 0.3) is 11.3 Å². The number of halogens is 3. The number of nitrogens with one attached hydrogen (secondary N) is 2. The Kier molecular flexibility index (Phi) is 6.93. The predicted octanol–water partition coefficient (Wildman–Crippen LogP) is 6.59. The van der Waals surface area contributed by atoms with Crippen molar-refractivity contribution >= 4 is 11.5 Å². The largest absolute Gasteiger partial charge is 0.417 e. The maximum absolute atomic E-state index is 13.6. The molecule has 1 radical (unpaired) electrons. The molecule has 30 heavy (non-hydrogen) atoms. The van der Waals surface area contributed by atoms with Gasteiger partial charge in [-0.05, 0) is 38.0 Å². The maximum atomic E-state index is 13.6. The summed E-state index contributed by atoms with van der Waals surface area (Å²) in [5.41, 5.74) is 2.19. The normalized spacial score (nSPS) is 14.9. The Hall–Kier alpha value is -2.25. The number of nitrogens with zero attached hydrogens (tertiary/aromatic N) is 2. The summed E-state index contributed by atoms with van der Waals surface area (Å²) in [6.45, 7) is 1.89. The van der Waals surface area contributed by atoms with Crippen LogP contribution in [0.15, 0.2) is 42.5 Å². The summed E-state index contributed by atoms with van der Waals surface area (Å²) in [5, 5.41) is 10.3. The molecule has 0 aliphatic heterocycles. The molecule has 1 aromatic carbocycles. The molecule has 0 saturated heterocycles. The van der Waals surface area contributed by atoms with Crippen LogP contribution in [0, 0.1) is 6.92 Å². The average molecular weight is 451 g/mol. The first kappa shape index (κ1) is 22.4. The molecular weight excluding hydrogens is 428 g/mol. The first-order valence-corrected chi connectivity index (χ1v) is 9.88. The minimum absolute atomic E-state index is 0. The van der Waals surface area contributed by atoms with Gasteiger partial charge < -0.3 is 5.32 Å². The summed E-state index contributed by atoms with van der Waals surface area (Å²) in [6.07, 6.45) is 1.03. The fourth-order valence-corrected chi connectivity index (χ4v) is 3.95. The molecule has 1 saturated carbocycles. The van der Waals surface area contributed by atoms with Crippen molar-refractivity contribution in [2.75, 3.05) is 5.32 Å². The minimum atomic E-state index is -4.44. The smallest absolute Gasteiger partial charge is 0.339 e. The van der Waals surface area contributed by atoms with Crippen molar-refractivity contribution < 1.29 is 31.7 Å². The molecule has 0 atom stereocenters. The van der Waals surface area contributed by atoms with E-state index >= 15 is 0 Å². The van der Waals surface area contributed by atoms with Crippen molar-refractivity contribution in [1.29, 1.82) is 0 Å². The van der Waals surface area contributed by atoms with Gasteiger partial charge in [-0.2, -0.15) is 18.3 Å². The number of rotatable bonds is 4. The van der Waals surface area contributed by atoms with Crippen LogP contribution in [-0.4, -0.2) is 15.2 Å². The molecule has 1 fully saturated rings. The van der Waals surface area contributed by atoms with Gasteiger partial charge in [0, 0.05) is 53.2 Å². The van der Waals surface area contributed by atoms with E-state index in [0.717, 1.165) is 43.1 Å². The van der Waals surface area contributed by atoms with Gasteiger partial charge in [-0.1, -0.05) is 37.5 Å². The van der Waals surface area contributed by atoms with Gasteiger partial charge in [-0.25, -0.2) is 0 Å². The summed E-state index contributed by atoms with van der Waals surface area (Å²) < 4.78 is 40.7. The number of alkyl halides is 3. The second-order valence-corrected chi connectivity index (χ2v) is 7.61. The Labute approximate surface area is 185 Å². The van der Waals surface area contributed by atoms with Crippen molar-refractivity contribution in [2.24, 2.45) is 0 Å². The Bertz CT molecular complexity index is 994. The number of anilines is 2. The number of pyridine rings is 1. The summed E-state index contributed by atoms with van der Waals surface area (Å²) in [5.74, 6) is 0.890. The number of hydrogen-bond acceptors (Lipinski definition) is 3. The van der Waals surface area contributed by atoms with Crippen LogP contribution in [0.1, 0.15) is 55.0 Å². The Morgan fingerprint density at radius 1 is 1.03 bits per heavy atom. The third kappa shape index (κ3) is 5.08. The molecule has 0 bridgehead atoms. The van der Waals surface area contributed by atoms with Gasteiger partial charge in [0.05, 0.1) is 11.3 Å². The van der Waals surface area contributed by atoms with E-state index in [1.807, 2.05) is 19.1 Å². The molecule has 3 aromatic rings. The summed E-state index contributed by atoms with van der Waals surface area (Å²) >= 11 is 0. The van der Waals surface area contributed by atoms with Gasteiger partial charge in [0.2, 0.25) is 0 Å². The molecule has 157 valence electrons. The van der Waals surface area contributed by atoms with Crippen LogP contribution in [-0.2, 0) is 24.7 Å². The number of H-pyrrole nitrogens is 1. The second kappa shape index (κ2) is 9.27. The van der Waals surface area contributed by atoms with E-state index in [9.17, 15) is 13.2 Å². The van der Waals surface area contributed by atoms with E-state index in [1.165, 1.54) is 18.6 Å². The zero-order chi connectivity index (χ0) is 20.4. The average Bonchev–Trinajstić information content (AvgIpc) is 3.12. The molecule has 0 amide bonds. The Balaban J connectivity index is 0.00000256. The van der Waals surface area contributed by atoms with Crippen LogP contribution >= 0.6 is 0 Å². The molecule has 1 aliphatic rings. The van der Waals surface area contributed by atoms with E-state index in [1.54, 1.807) is 12.1 Å². The zero-order valence-corrected chi connectivity index (χ0v) is 18.0. The number of benzene rings is 1. The van der Waals surface area contributed by atoms with Gasteiger partial charge in [0.1, 0.15) is 0 Å². The van der Waals surface area contributed by atoms with Crippen molar-refractivity contribution in [3.8, 4) is 11.3 Å². The summed E-state index contributed by atoms with van der Waals surface area (Å²) in [4.78, 5) is 4.68.